The summed E-state index contributed by atoms with van der Waals surface area (Å²) in [5.74, 6) is 0.768. The first-order valence-electron chi connectivity index (χ1n) is 7.73. The highest BCUT2D eigenvalue weighted by Gasteiger charge is 2.14. The van der Waals surface area contributed by atoms with E-state index in [1.165, 1.54) is 37.7 Å². The van der Waals surface area contributed by atoms with Gasteiger partial charge in [0.2, 0.25) is 0 Å². The van der Waals surface area contributed by atoms with E-state index in [4.69, 9.17) is 4.74 Å². The highest BCUT2D eigenvalue weighted by atomic mass is 16.5. The van der Waals surface area contributed by atoms with Crippen molar-refractivity contribution in [2.45, 2.75) is 44.9 Å². The Kier molecular flexibility index (Phi) is 6.42. The molecule has 0 atom stereocenters. The van der Waals surface area contributed by atoms with Gasteiger partial charge in [-0.15, -0.1) is 0 Å². The van der Waals surface area contributed by atoms with E-state index in [0.29, 0.717) is 13.2 Å². The third-order valence-corrected chi connectivity index (χ3v) is 3.96. The van der Waals surface area contributed by atoms with E-state index >= 15 is 0 Å². The third-order valence-electron chi connectivity index (χ3n) is 3.96. The summed E-state index contributed by atoms with van der Waals surface area (Å²) in [6, 6.07) is 10.0. The topological polar surface area (TPSA) is 40.4 Å². The number of ether oxygens (including phenoxy) is 1. The molecule has 2 rings (SSSR count). The maximum atomic E-state index is 11.5. The maximum Gasteiger partial charge on any atom is 0.428 e. The number of nitrogens with zero attached hydrogens (tertiary/aromatic N) is 1. The van der Waals surface area contributed by atoms with E-state index in [2.05, 4.69) is 5.32 Å². The third kappa shape index (κ3) is 5.64. The Morgan fingerprint density at radius 1 is 1.15 bits per heavy atom. The molecule has 3 heteroatoms. The lowest BCUT2D eigenvalue weighted by Crippen LogP contribution is -2.21. The van der Waals surface area contributed by atoms with Crippen molar-refractivity contribution >= 4 is 6.09 Å². The zero-order chi connectivity index (χ0) is 14.0. The summed E-state index contributed by atoms with van der Waals surface area (Å²) in [6.07, 6.45) is 8.04. The van der Waals surface area contributed by atoms with Gasteiger partial charge in [0.25, 0.3) is 0 Å². The van der Waals surface area contributed by atoms with Crippen molar-refractivity contribution < 1.29 is 9.53 Å². The Hall–Kier alpha value is -1.51. The Balaban J connectivity index is 1.52. The molecule has 0 saturated heterocycles. The van der Waals surface area contributed by atoms with Gasteiger partial charge in [0, 0.05) is 13.0 Å². The van der Waals surface area contributed by atoms with Crippen molar-refractivity contribution in [2.75, 3.05) is 13.2 Å². The second kappa shape index (κ2) is 8.62. The molecule has 0 unspecified atom stereocenters. The van der Waals surface area contributed by atoms with Crippen molar-refractivity contribution in [1.29, 1.82) is 0 Å². The van der Waals surface area contributed by atoms with Crippen LogP contribution in [0.4, 0.5) is 4.79 Å². The molecule has 3 nitrogen and oxygen atoms in total. The lowest BCUT2D eigenvalue weighted by molar-refractivity contribution is 0.145. The van der Waals surface area contributed by atoms with Gasteiger partial charge >= 0.3 is 6.09 Å². The second-order valence-electron chi connectivity index (χ2n) is 5.52. The van der Waals surface area contributed by atoms with Crippen molar-refractivity contribution in [3.8, 4) is 0 Å². The minimum Gasteiger partial charge on any atom is -0.448 e. The van der Waals surface area contributed by atoms with Gasteiger partial charge in [-0.25, -0.2) is 10.1 Å². The zero-order valence-corrected chi connectivity index (χ0v) is 12.1. The van der Waals surface area contributed by atoms with Crippen LogP contribution in [-0.4, -0.2) is 19.2 Å². The minimum atomic E-state index is -0.406. The molecule has 109 valence electrons. The second-order valence-corrected chi connectivity index (χ2v) is 5.52. The van der Waals surface area contributed by atoms with Crippen LogP contribution in [0.2, 0.25) is 0 Å². The number of amides is 1. The van der Waals surface area contributed by atoms with Crippen LogP contribution in [0.5, 0.6) is 0 Å². The van der Waals surface area contributed by atoms with Crippen LogP contribution in [0.15, 0.2) is 30.3 Å². The molecule has 1 amide bonds. The molecule has 0 bridgehead atoms. The SMILES string of the molecule is O=C([N]CCC1CCCCC1)OCCc1ccccc1. The monoisotopic (exact) mass is 274 g/mol. The van der Waals surface area contributed by atoms with Crippen LogP contribution in [0.3, 0.4) is 0 Å². The molecular formula is C17H24NO2. The van der Waals surface area contributed by atoms with Crippen molar-refractivity contribution in [1.82, 2.24) is 5.32 Å². The predicted octanol–water partition coefficient (Wildman–Crippen LogP) is 3.94. The molecule has 1 fully saturated rings. The van der Waals surface area contributed by atoms with Crippen molar-refractivity contribution in [3.05, 3.63) is 35.9 Å². The van der Waals surface area contributed by atoms with Crippen LogP contribution in [0.25, 0.3) is 0 Å². The first kappa shape index (κ1) is 14.9. The quantitative estimate of drug-likeness (QED) is 0.788. The van der Waals surface area contributed by atoms with Gasteiger partial charge in [0.1, 0.15) is 0 Å². The van der Waals surface area contributed by atoms with E-state index in [1.807, 2.05) is 30.3 Å². The van der Waals surface area contributed by atoms with Crippen molar-refractivity contribution in [2.24, 2.45) is 5.92 Å². The molecule has 1 aliphatic carbocycles. The molecule has 1 aromatic rings. The van der Waals surface area contributed by atoms with Gasteiger partial charge in [-0.3, -0.25) is 0 Å². The normalized spacial score (nSPS) is 15.8. The van der Waals surface area contributed by atoms with E-state index in [-0.39, 0.29) is 0 Å². The largest absolute Gasteiger partial charge is 0.448 e. The van der Waals surface area contributed by atoms with E-state index < -0.39 is 6.09 Å². The molecule has 1 aromatic carbocycles. The number of hydrogen-bond acceptors (Lipinski definition) is 2. The average Bonchev–Trinajstić information content (AvgIpc) is 2.49. The highest BCUT2D eigenvalue weighted by molar-refractivity contribution is 5.66. The lowest BCUT2D eigenvalue weighted by Gasteiger charge is -2.20. The van der Waals surface area contributed by atoms with Crippen LogP contribution in [-0.2, 0) is 11.2 Å². The summed E-state index contributed by atoms with van der Waals surface area (Å²) < 4.78 is 5.13. The molecule has 1 radical (unpaired) electrons. The summed E-state index contributed by atoms with van der Waals surface area (Å²) in [4.78, 5) is 11.5. The number of hydrogen-bond donors (Lipinski definition) is 0. The van der Waals surface area contributed by atoms with Crippen LogP contribution in [0.1, 0.15) is 44.1 Å². The predicted molar refractivity (Wildman–Crippen MR) is 79.7 cm³/mol. The van der Waals surface area contributed by atoms with E-state index in [9.17, 15) is 4.79 Å². The molecule has 0 aromatic heterocycles. The molecule has 1 saturated carbocycles. The van der Waals surface area contributed by atoms with Gasteiger partial charge in [0.15, 0.2) is 0 Å². The zero-order valence-electron chi connectivity index (χ0n) is 12.1. The Morgan fingerprint density at radius 2 is 1.90 bits per heavy atom. The van der Waals surface area contributed by atoms with Crippen molar-refractivity contribution in [3.63, 3.8) is 0 Å². The molecule has 0 N–H and O–H groups in total. The van der Waals surface area contributed by atoms with Gasteiger partial charge < -0.3 is 4.74 Å². The molecule has 1 aliphatic rings. The van der Waals surface area contributed by atoms with Crippen LogP contribution in [0, 0.1) is 5.92 Å². The van der Waals surface area contributed by atoms with E-state index in [0.717, 1.165) is 18.8 Å². The fourth-order valence-electron chi connectivity index (χ4n) is 2.76. The van der Waals surface area contributed by atoms with Crippen LogP contribution < -0.4 is 5.32 Å². The van der Waals surface area contributed by atoms with Gasteiger partial charge in [-0.2, -0.15) is 0 Å². The molecule has 20 heavy (non-hydrogen) atoms. The fraction of sp³-hybridized carbons (Fsp3) is 0.588. The summed E-state index contributed by atoms with van der Waals surface area (Å²) in [7, 11) is 0. The van der Waals surface area contributed by atoms with Crippen LogP contribution >= 0.6 is 0 Å². The average molecular weight is 274 g/mol. The molecule has 0 spiro atoms. The smallest absolute Gasteiger partial charge is 0.428 e. The van der Waals surface area contributed by atoms with E-state index in [1.54, 1.807) is 0 Å². The number of rotatable bonds is 6. The lowest BCUT2D eigenvalue weighted by atomic mass is 9.87. The fourth-order valence-corrected chi connectivity index (χ4v) is 2.76. The Morgan fingerprint density at radius 3 is 2.65 bits per heavy atom. The van der Waals surface area contributed by atoms with Gasteiger partial charge in [-0.05, 0) is 17.9 Å². The summed E-state index contributed by atoms with van der Waals surface area (Å²) in [6.45, 7) is 1.03. The Labute approximate surface area is 121 Å². The minimum absolute atomic E-state index is 0.406. The molecule has 0 aliphatic heterocycles. The molecule has 0 heterocycles. The summed E-state index contributed by atoms with van der Waals surface area (Å²) in [5.41, 5.74) is 1.18. The number of benzene rings is 1. The number of carbonyl (C=O) groups excluding carboxylic acids is 1. The first-order chi connectivity index (χ1) is 9.84. The summed E-state index contributed by atoms with van der Waals surface area (Å²) in [5, 5.41) is 3.99. The standard InChI is InChI=1S/C17H24NO2/c19-17(18-13-11-15-7-3-1-4-8-15)20-14-12-16-9-5-2-6-10-16/h2,5-6,9-10,15H,1,3-4,7-8,11-14H2. The Bertz CT molecular complexity index is 385. The maximum absolute atomic E-state index is 11.5. The highest BCUT2D eigenvalue weighted by Crippen LogP contribution is 2.25. The first-order valence-corrected chi connectivity index (χ1v) is 7.73. The molecular weight excluding hydrogens is 250 g/mol. The van der Waals surface area contributed by atoms with Gasteiger partial charge in [0.05, 0.1) is 6.61 Å². The summed E-state index contributed by atoms with van der Waals surface area (Å²) >= 11 is 0. The number of carbonyl (C=O) groups is 1. The van der Waals surface area contributed by atoms with Gasteiger partial charge in [-0.1, -0.05) is 62.4 Å².